The van der Waals surface area contributed by atoms with E-state index in [0.717, 1.165) is 21.3 Å². The molecule has 0 spiro atoms. The summed E-state index contributed by atoms with van der Waals surface area (Å²) in [6.45, 7) is 1.12. The molecule has 0 bridgehead atoms. The fraction of sp³-hybridized carbons (Fsp3) is 0.0952. The Labute approximate surface area is 203 Å². The van der Waals surface area contributed by atoms with Gasteiger partial charge < -0.3 is 10.6 Å². The molecule has 2 aromatic carbocycles. The Kier molecular flexibility index (Phi) is 6.92. The third-order valence-electron chi connectivity index (χ3n) is 4.42. The lowest BCUT2D eigenvalue weighted by molar-refractivity contribution is 0.687. The van der Waals surface area contributed by atoms with Crippen LogP contribution in [-0.4, -0.2) is 24.7 Å². The molecule has 0 radical (unpaired) electrons. The van der Waals surface area contributed by atoms with Crippen molar-refractivity contribution in [3.63, 3.8) is 0 Å². The van der Waals surface area contributed by atoms with Crippen molar-refractivity contribution in [2.45, 2.75) is 13.1 Å². The van der Waals surface area contributed by atoms with Gasteiger partial charge in [-0.15, -0.1) is 0 Å². The fourth-order valence-electron chi connectivity index (χ4n) is 2.95. The van der Waals surface area contributed by atoms with Crippen molar-refractivity contribution in [3.05, 3.63) is 92.8 Å². The van der Waals surface area contributed by atoms with Gasteiger partial charge in [-0.2, -0.15) is 10.2 Å². The summed E-state index contributed by atoms with van der Waals surface area (Å²) in [6, 6.07) is 15.4. The molecule has 0 atom stereocenters. The van der Waals surface area contributed by atoms with Gasteiger partial charge in [-0.3, -0.25) is 9.36 Å². The Morgan fingerprint density at radius 2 is 1.52 bits per heavy atom. The van der Waals surface area contributed by atoms with E-state index < -0.39 is 0 Å². The molecule has 2 heterocycles. The molecular formula is C21H17BrCl2N6S. The van der Waals surface area contributed by atoms with E-state index in [2.05, 4.69) is 36.8 Å². The average molecular weight is 536 g/mol. The van der Waals surface area contributed by atoms with E-state index in [-0.39, 0.29) is 0 Å². The molecule has 0 aliphatic carbocycles. The number of hydrogen-bond donors (Lipinski definition) is 2. The largest absolute Gasteiger partial charge is 0.330 e. The standard InChI is InChI=1S/C21H17BrCl2N6S/c22-17-13-30(11-15-6-2-4-8-19(15)24)28-20(17)27-21(31)26-16-9-25-29(12-16)10-14-5-1-3-7-18(14)23/h1-9,12-13H,10-11H2,(H2,26,27,28,31). The van der Waals surface area contributed by atoms with E-state index in [0.29, 0.717) is 34.1 Å². The van der Waals surface area contributed by atoms with Crippen LogP contribution in [0, 0.1) is 0 Å². The molecule has 0 amide bonds. The minimum Gasteiger partial charge on any atom is -0.330 e. The van der Waals surface area contributed by atoms with Gasteiger partial charge in [-0.05, 0) is 51.4 Å². The highest BCUT2D eigenvalue weighted by Gasteiger charge is 2.11. The first-order valence-corrected chi connectivity index (χ1v) is 11.2. The van der Waals surface area contributed by atoms with Crippen LogP contribution in [0.3, 0.4) is 0 Å². The number of halogens is 3. The number of thiocarbonyl (C=S) groups is 1. The summed E-state index contributed by atoms with van der Waals surface area (Å²) in [5.41, 5.74) is 2.74. The van der Waals surface area contributed by atoms with Crippen molar-refractivity contribution < 1.29 is 0 Å². The maximum absolute atomic E-state index is 6.24. The molecule has 4 aromatic rings. The predicted molar refractivity (Wildman–Crippen MR) is 133 cm³/mol. The van der Waals surface area contributed by atoms with Gasteiger partial charge in [0.1, 0.15) is 0 Å². The number of rotatable bonds is 6. The molecule has 0 saturated carbocycles. The molecule has 0 aliphatic heterocycles. The van der Waals surface area contributed by atoms with Crippen LogP contribution in [0.25, 0.3) is 0 Å². The lowest BCUT2D eigenvalue weighted by Gasteiger charge is -2.07. The van der Waals surface area contributed by atoms with Gasteiger partial charge in [0.15, 0.2) is 10.9 Å². The molecule has 2 N–H and O–H groups in total. The van der Waals surface area contributed by atoms with E-state index in [1.807, 2.05) is 60.9 Å². The van der Waals surface area contributed by atoms with Crippen molar-refractivity contribution in [1.82, 2.24) is 19.6 Å². The van der Waals surface area contributed by atoms with Crippen molar-refractivity contribution in [1.29, 1.82) is 0 Å². The zero-order valence-corrected chi connectivity index (χ0v) is 20.0. The zero-order chi connectivity index (χ0) is 21.8. The van der Waals surface area contributed by atoms with Gasteiger partial charge in [-0.25, -0.2) is 0 Å². The summed E-state index contributed by atoms with van der Waals surface area (Å²) in [6.07, 6.45) is 5.44. The molecule has 10 heteroatoms. The second-order valence-corrected chi connectivity index (χ2v) is 8.79. The Morgan fingerprint density at radius 3 is 2.16 bits per heavy atom. The maximum Gasteiger partial charge on any atom is 0.176 e. The SMILES string of the molecule is S=C(Nc1cnn(Cc2ccccc2Cl)c1)Nc1nn(Cc2ccccc2Cl)cc1Br. The summed E-state index contributed by atoms with van der Waals surface area (Å²) in [5, 5.41) is 16.9. The molecular weight excluding hydrogens is 519 g/mol. The Bertz CT molecular complexity index is 1220. The number of aromatic nitrogens is 4. The molecule has 4 rings (SSSR count). The molecule has 0 unspecified atom stereocenters. The van der Waals surface area contributed by atoms with Gasteiger partial charge >= 0.3 is 0 Å². The van der Waals surface area contributed by atoms with Crippen molar-refractivity contribution >= 4 is 68.0 Å². The van der Waals surface area contributed by atoms with Crippen molar-refractivity contribution in [3.8, 4) is 0 Å². The Hall–Kier alpha value is -2.39. The summed E-state index contributed by atoms with van der Waals surface area (Å²) in [5.74, 6) is 0.605. The first-order valence-electron chi connectivity index (χ1n) is 9.28. The molecule has 2 aromatic heterocycles. The van der Waals surface area contributed by atoms with Gasteiger partial charge in [0.2, 0.25) is 0 Å². The highest BCUT2D eigenvalue weighted by Crippen LogP contribution is 2.23. The van der Waals surface area contributed by atoms with E-state index >= 15 is 0 Å². The van der Waals surface area contributed by atoms with E-state index in [4.69, 9.17) is 35.4 Å². The second-order valence-electron chi connectivity index (χ2n) is 6.71. The van der Waals surface area contributed by atoms with Crippen LogP contribution < -0.4 is 10.6 Å². The van der Waals surface area contributed by atoms with Crippen LogP contribution in [0.4, 0.5) is 11.5 Å². The monoisotopic (exact) mass is 534 g/mol. The van der Waals surface area contributed by atoms with Gasteiger partial charge in [0.05, 0.1) is 29.4 Å². The van der Waals surface area contributed by atoms with E-state index in [9.17, 15) is 0 Å². The van der Waals surface area contributed by atoms with E-state index in [1.165, 1.54) is 0 Å². The fourth-order valence-corrected chi connectivity index (χ4v) is 3.97. The van der Waals surface area contributed by atoms with Crippen molar-refractivity contribution in [2.24, 2.45) is 0 Å². The molecule has 0 fully saturated rings. The normalized spacial score (nSPS) is 10.8. The number of hydrogen-bond acceptors (Lipinski definition) is 3. The molecule has 0 saturated heterocycles. The van der Waals surface area contributed by atoms with Crippen LogP contribution in [0.5, 0.6) is 0 Å². The lowest BCUT2D eigenvalue weighted by atomic mass is 10.2. The lowest BCUT2D eigenvalue weighted by Crippen LogP contribution is -2.19. The van der Waals surface area contributed by atoms with Crippen LogP contribution in [0.15, 0.2) is 71.6 Å². The molecule has 31 heavy (non-hydrogen) atoms. The van der Waals surface area contributed by atoms with Crippen molar-refractivity contribution in [2.75, 3.05) is 10.6 Å². The average Bonchev–Trinajstić information content (AvgIpc) is 3.31. The number of anilines is 2. The van der Waals surface area contributed by atoms with Crippen LogP contribution in [0.2, 0.25) is 10.0 Å². The van der Waals surface area contributed by atoms with Gasteiger partial charge in [-0.1, -0.05) is 59.6 Å². The zero-order valence-electron chi connectivity index (χ0n) is 16.1. The van der Waals surface area contributed by atoms with E-state index in [1.54, 1.807) is 15.6 Å². The summed E-state index contributed by atoms with van der Waals surface area (Å²) in [4.78, 5) is 0. The third-order valence-corrected chi connectivity index (χ3v) is 5.94. The highest BCUT2D eigenvalue weighted by atomic mass is 79.9. The predicted octanol–water partition coefficient (Wildman–Crippen LogP) is 6.05. The quantitative estimate of drug-likeness (QED) is 0.294. The minimum atomic E-state index is 0.404. The first-order chi connectivity index (χ1) is 15.0. The highest BCUT2D eigenvalue weighted by molar-refractivity contribution is 9.10. The summed E-state index contributed by atoms with van der Waals surface area (Å²) in [7, 11) is 0. The molecule has 0 aliphatic rings. The van der Waals surface area contributed by atoms with Gasteiger partial charge in [0, 0.05) is 22.4 Å². The number of nitrogens with one attached hydrogen (secondary N) is 2. The van der Waals surface area contributed by atoms with Crippen LogP contribution >= 0.6 is 51.3 Å². The summed E-state index contributed by atoms with van der Waals surface area (Å²) < 4.78 is 4.37. The topological polar surface area (TPSA) is 59.7 Å². The molecule has 158 valence electrons. The number of benzene rings is 2. The minimum absolute atomic E-state index is 0.404. The Morgan fingerprint density at radius 1 is 0.903 bits per heavy atom. The first kappa shape index (κ1) is 21.8. The Balaban J connectivity index is 1.37. The maximum atomic E-state index is 6.24. The molecule has 6 nitrogen and oxygen atoms in total. The second kappa shape index (κ2) is 9.82. The summed E-state index contributed by atoms with van der Waals surface area (Å²) >= 11 is 21.4. The number of nitrogens with zero attached hydrogens (tertiary/aromatic N) is 4. The van der Waals surface area contributed by atoms with Gasteiger partial charge in [0.25, 0.3) is 0 Å². The van der Waals surface area contributed by atoms with Crippen LogP contribution in [-0.2, 0) is 13.1 Å². The van der Waals surface area contributed by atoms with Crippen LogP contribution in [0.1, 0.15) is 11.1 Å². The smallest absolute Gasteiger partial charge is 0.176 e. The third kappa shape index (κ3) is 5.65.